The Bertz CT molecular complexity index is 835. The average Bonchev–Trinajstić information content (AvgIpc) is 2.87. The van der Waals surface area contributed by atoms with Crippen molar-refractivity contribution in [2.24, 2.45) is 0 Å². The molecule has 0 aliphatic heterocycles. The number of hydrogen-bond donors (Lipinski definition) is 1. The maximum absolute atomic E-state index is 12.2. The molecule has 1 aromatic carbocycles. The molecule has 1 amide bonds. The lowest BCUT2D eigenvalue weighted by molar-refractivity contribution is -0.116. The van der Waals surface area contributed by atoms with E-state index in [0.29, 0.717) is 39.4 Å². The minimum absolute atomic E-state index is 0.187. The molecular formula is C19H21Cl2NO4S. The van der Waals surface area contributed by atoms with Gasteiger partial charge < -0.3 is 14.8 Å². The van der Waals surface area contributed by atoms with E-state index in [4.69, 9.17) is 32.7 Å². The highest BCUT2D eigenvalue weighted by atomic mass is 35.5. The van der Waals surface area contributed by atoms with Crippen LogP contribution in [-0.4, -0.2) is 25.1 Å². The van der Waals surface area contributed by atoms with Crippen LogP contribution in [0.3, 0.4) is 0 Å². The van der Waals surface area contributed by atoms with Gasteiger partial charge in [-0.15, -0.1) is 11.3 Å². The molecule has 0 atom stereocenters. The molecule has 2 aromatic rings. The van der Waals surface area contributed by atoms with Crippen LogP contribution in [0.15, 0.2) is 18.2 Å². The molecule has 146 valence electrons. The monoisotopic (exact) mass is 429 g/mol. The lowest BCUT2D eigenvalue weighted by atomic mass is 10.1. The minimum Gasteiger partial charge on any atom is -0.492 e. The van der Waals surface area contributed by atoms with Crippen LogP contribution >= 0.6 is 34.5 Å². The SMILES string of the molecule is CCOC(=O)c1c(NC(=O)CCCOc2ccc(Cl)cc2Cl)sc(C)c1C. The smallest absolute Gasteiger partial charge is 0.341 e. The Kier molecular flexibility index (Phi) is 7.95. The molecule has 0 bridgehead atoms. The van der Waals surface area contributed by atoms with Crippen molar-refractivity contribution in [1.82, 2.24) is 0 Å². The first-order valence-electron chi connectivity index (χ1n) is 8.48. The van der Waals surface area contributed by atoms with Crippen molar-refractivity contribution in [2.45, 2.75) is 33.6 Å². The molecule has 0 unspecified atom stereocenters. The molecule has 0 saturated carbocycles. The summed E-state index contributed by atoms with van der Waals surface area (Å²) in [6, 6.07) is 4.98. The van der Waals surface area contributed by atoms with Crippen LogP contribution < -0.4 is 10.1 Å². The quantitative estimate of drug-likeness (QED) is 0.435. The van der Waals surface area contributed by atoms with Crippen molar-refractivity contribution in [3.8, 4) is 5.75 Å². The molecule has 27 heavy (non-hydrogen) atoms. The summed E-state index contributed by atoms with van der Waals surface area (Å²) in [5.74, 6) is -0.0847. The fourth-order valence-corrected chi connectivity index (χ4v) is 3.89. The lowest BCUT2D eigenvalue weighted by Gasteiger charge is -2.09. The van der Waals surface area contributed by atoms with Crippen LogP contribution in [0.5, 0.6) is 5.75 Å². The Morgan fingerprint density at radius 2 is 1.96 bits per heavy atom. The van der Waals surface area contributed by atoms with Gasteiger partial charge in [-0.2, -0.15) is 0 Å². The molecule has 2 rings (SSSR count). The van der Waals surface area contributed by atoms with Gasteiger partial charge in [0.25, 0.3) is 0 Å². The predicted molar refractivity (Wildman–Crippen MR) is 110 cm³/mol. The number of benzene rings is 1. The van der Waals surface area contributed by atoms with Gasteiger partial charge in [0.05, 0.1) is 23.8 Å². The maximum atomic E-state index is 12.2. The summed E-state index contributed by atoms with van der Waals surface area (Å²) < 4.78 is 10.7. The Labute approximate surface area is 172 Å². The van der Waals surface area contributed by atoms with Gasteiger partial charge in [-0.05, 0) is 51.0 Å². The summed E-state index contributed by atoms with van der Waals surface area (Å²) in [5, 5.41) is 4.29. The largest absolute Gasteiger partial charge is 0.492 e. The third kappa shape index (κ3) is 5.86. The van der Waals surface area contributed by atoms with E-state index in [9.17, 15) is 9.59 Å². The van der Waals surface area contributed by atoms with Gasteiger partial charge in [-0.3, -0.25) is 4.79 Å². The summed E-state index contributed by atoms with van der Waals surface area (Å²) in [6.07, 6.45) is 0.756. The number of ether oxygens (including phenoxy) is 2. The number of hydrogen-bond acceptors (Lipinski definition) is 5. The van der Waals surface area contributed by atoms with Crippen molar-refractivity contribution < 1.29 is 19.1 Å². The van der Waals surface area contributed by atoms with Crippen LogP contribution in [0.25, 0.3) is 0 Å². The van der Waals surface area contributed by atoms with E-state index >= 15 is 0 Å². The average molecular weight is 430 g/mol. The van der Waals surface area contributed by atoms with Gasteiger partial charge in [0.1, 0.15) is 10.8 Å². The van der Waals surface area contributed by atoms with Crippen molar-refractivity contribution in [1.29, 1.82) is 0 Å². The van der Waals surface area contributed by atoms with Gasteiger partial charge in [0, 0.05) is 16.3 Å². The van der Waals surface area contributed by atoms with Crippen molar-refractivity contribution in [3.63, 3.8) is 0 Å². The zero-order valence-corrected chi connectivity index (χ0v) is 17.7. The minimum atomic E-state index is -0.421. The summed E-state index contributed by atoms with van der Waals surface area (Å²) >= 11 is 13.2. The third-order valence-electron chi connectivity index (χ3n) is 3.82. The highest BCUT2D eigenvalue weighted by Gasteiger charge is 2.21. The number of amides is 1. The van der Waals surface area contributed by atoms with Crippen LogP contribution in [-0.2, 0) is 9.53 Å². The lowest BCUT2D eigenvalue weighted by Crippen LogP contribution is -2.15. The Morgan fingerprint density at radius 1 is 1.22 bits per heavy atom. The van der Waals surface area contributed by atoms with Crippen molar-refractivity contribution >= 4 is 51.4 Å². The molecule has 1 N–H and O–H groups in total. The van der Waals surface area contributed by atoms with Crippen molar-refractivity contribution in [3.05, 3.63) is 44.2 Å². The number of anilines is 1. The van der Waals surface area contributed by atoms with E-state index in [1.165, 1.54) is 11.3 Å². The van der Waals surface area contributed by atoms with Crippen molar-refractivity contribution in [2.75, 3.05) is 18.5 Å². The second-order valence-corrected chi connectivity index (χ2v) is 7.85. The van der Waals surface area contributed by atoms with E-state index < -0.39 is 5.97 Å². The Hall–Kier alpha value is -1.76. The Balaban J connectivity index is 1.89. The van der Waals surface area contributed by atoms with Crippen LogP contribution in [0, 0.1) is 13.8 Å². The number of carbonyl (C=O) groups is 2. The molecule has 0 spiro atoms. The van der Waals surface area contributed by atoms with E-state index in [-0.39, 0.29) is 18.9 Å². The number of nitrogens with one attached hydrogen (secondary N) is 1. The fraction of sp³-hybridized carbons (Fsp3) is 0.368. The summed E-state index contributed by atoms with van der Waals surface area (Å²) in [5.41, 5.74) is 1.26. The first-order chi connectivity index (χ1) is 12.8. The molecule has 0 aliphatic rings. The van der Waals surface area contributed by atoms with Crippen LogP contribution in [0.2, 0.25) is 10.0 Å². The topological polar surface area (TPSA) is 64.6 Å². The zero-order chi connectivity index (χ0) is 20.0. The van der Waals surface area contributed by atoms with Gasteiger partial charge in [0.2, 0.25) is 5.91 Å². The molecular weight excluding hydrogens is 409 g/mol. The van der Waals surface area contributed by atoms with E-state index in [1.807, 2.05) is 13.8 Å². The second kappa shape index (κ2) is 9.97. The number of carbonyl (C=O) groups excluding carboxylic acids is 2. The fourth-order valence-electron chi connectivity index (χ4n) is 2.36. The molecule has 0 saturated heterocycles. The summed E-state index contributed by atoms with van der Waals surface area (Å²) in [4.78, 5) is 25.3. The van der Waals surface area contributed by atoms with E-state index in [1.54, 1.807) is 25.1 Å². The van der Waals surface area contributed by atoms with E-state index in [2.05, 4.69) is 5.32 Å². The van der Waals surface area contributed by atoms with Gasteiger partial charge >= 0.3 is 5.97 Å². The van der Waals surface area contributed by atoms with Gasteiger partial charge in [-0.1, -0.05) is 23.2 Å². The third-order valence-corrected chi connectivity index (χ3v) is 5.47. The predicted octanol–water partition coefficient (Wildman–Crippen LogP) is 5.65. The van der Waals surface area contributed by atoms with Gasteiger partial charge in [-0.25, -0.2) is 4.79 Å². The second-order valence-electron chi connectivity index (χ2n) is 5.78. The number of rotatable bonds is 8. The Morgan fingerprint density at radius 3 is 2.63 bits per heavy atom. The highest BCUT2D eigenvalue weighted by molar-refractivity contribution is 7.16. The maximum Gasteiger partial charge on any atom is 0.341 e. The first kappa shape index (κ1) is 21.5. The summed E-state index contributed by atoms with van der Waals surface area (Å²) in [6.45, 7) is 6.12. The molecule has 0 radical (unpaired) electrons. The number of esters is 1. The molecule has 1 aromatic heterocycles. The van der Waals surface area contributed by atoms with Crippen LogP contribution in [0.1, 0.15) is 40.6 Å². The standard InChI is InChI=1S/C19H21Cl2NO4S/c1-4-25-19(24)17-11(2)12(3)27-18(17)22-16(23)6-5-9-26-15-8-7-13(20)10-14(15)21/h7-8,10H,4-6,9H2,1-3H3,(H,22,23). The van der Waals surface area contributed by atoms with Crippen LogP contribution in [0.4, 0.5) is 5.00 Å². The zero-order valence-electron chi connectivity index (χ0n) is 15.4. The number of halogens is 2. The first-order valence-corrected chi connectivity index (χ1v) is 10.1. The molecule has 5 nitrogen and oxygen atoms in total. The van der Waals surface area contributed by atoms with Gasteiger partial charge in [0.15, 0.2) is 0 Å². The number of aryl methyl sites for hydroxylation is 1. The van der Waals surface area contributed by atoms with E-state index in [0.717, 1.165) is 10.4 Å². The molecule has 1 heterocycles. The summed E-state index contributed by atoms with van der Waals surface area (Å²) in [7, 11) is 0. The normalized spacial score (nSPS) is 10.6. The molecule has 8 heteroatoms. The molecule has 0 aliphatic carbocycles. The highest BCUT2D eigenvalue weighted by Crippen LogP contribution is 2.33. The number of thiophene rings is 1. The molecule has 0 fully saturated rings.